The van der Waals surface area contributed by atoms with Crippen LogP contribution in [0, 0.1) is 5.92 Å². The van der Waals surface area contributed by atoms with E-state index in [4.69, 9.17) is 5.73 Å². The molecule has 2 unspecified atom stereocenters. The highest BCUT2D eigenvalue weighted by Gasteiger charge is 2.20. The summed E-state index contributed by atoms with van der Waals surface area (Å²) in [5, 5.41) is 2.91. The molecule has 15 heavy (non-hydrogen) atoms. The third-order valence-corrected chi connectivity index (χ3v) is 2.82. The van der Waals surface area contributed by atoms with Crippen molar-refractivity contribution in [3.05, 3.63) is 0 Å². The molecule has 0 aromatic carbocycles. The third kappa shape index (κ3) is 4.51. The van der Waals surface area contributed by atoms with Crippen LogP contribution >= 0.6 is 0 Å². The lowest BCUT2D eigenvalue weighted by molar-refractivity contribution is 0.169. The van der Waals surface area contributed by atoms with Crippen LogP contribution < -0.4 is 11.1 Å². The van der Waals surface area contributed by atoms with E-state index in [1.54, 1.807) is 0 Å². The molecular weight excluding hydrogens is 190 g/mol. The number of urea groups is 1. The van der Waals surface area contributed by atoms with Crippen molar-refractivity contribution in [2.24, 2.45) is 11.7 Å². The molecule has 1 aliphatic rings. The molecule has 0 saturated carbocycles. The van der Waals surface area contributed by atoms with Crippen LogP contribution in [0.15, 0.2) is 0 Å². The van der Waals surface area contributed by atoms with Crippen LogP contribution in [-0.4, -0.2) is 36.6 Å². The molecule has 0 aromatic rings. The molecule has 1 rings (SSSR count). The van der Waals surface area contributed by atoms with E-state index < -0.39 is 0 Å². The second-order valence-electron chi connectivity index (χ2n) is 4.69. The summed E-state index contributed by atoms with van der Waals surface area (Å²) in [4.78, 5) is 13.6. The van der Waals surface area contributed by atoms with E-state index in [1.165, 1.54) is 6.42 Å². The number of amides is 2. The highest BCUT2D eigenvalue weighted by molar-refractivity contribution is 5.74. The fourth-order valence-electron chi connectivity index (χ4n) is 1.89. The first-order chi connectivity index (χ1) is 7.09. The Balaban J connectivity index is 2.21. The maximum atomic E-state index is 11.7. The average molecular weight is 213 g/mol. The number of nitrogens with two attached hydrogens (primary N) is 1. The number of hydrogen-bond donors (Lipinski definition) is 2. The molecule has 1 fully saturated rings. The summed E-state index contributed by atoms with van der Waals surface area (Å²) in [5.41, 5.74) is 5.61. The van der Waals surface area contributed by atoms with E-state index in [-0.39, 0.29) is 12.1 Å². The quantitative estimate of drug-likeness (QED) is 0.739. The normalized spacial score (nSPS) is 23.7. The molecule has 4 heteroatoms. The number of carbonyl (C=O) groups excluding carboxylic acids is 1. The first-order valence-electron chi connectivity index (χ1n) is 5.88. The second-order valence-corrected chi connectivity index (χ2v) is 4.69. The van der Waals surface area contributed by atoms with Crippen molar-refractivity contribution in [3.63, 3.8) is 0 Å². The minimum absolute atomic E-state index is 0.0715. The molecule has 2 atom stereocenters. The highest BCUT2D eigenvalue weighted by Crippen LogP contribution is 2.15. The van der Waals surface area contributed by atoms with Crippen molar-refractivity contribution in [2.45, 2.75) is 39.2 Å². The van der Waals surface area contributed by atoms with Crippen LogP contribution in [0.3, 0.4) is 0 Å². The van der Waals surface area contributed by atoms with Crippen molar-refractivity contribution in [2.75, 3.05) is 19.6 Å². The van der Waals surface area contributed by atoms with Gasteiger partial charge >= 0.3 is 6.03 Å². The molecule has 0 aromatic heterocycles. The van der Waals surface area contributed by atoms with Gasteiger partial charge in [-0.2, -0.15) is 0 Å². The Kier molecular flexibility index (Phi) is 4.88. The summed E-state index contributed by atoms with van der Waals surface area (Å²) in [6.07, 6.45) is 3.21. The van der Waals surface area contributed by atoms with E-state index in [0.29, 0.717) is 12.5 Å². The van der Waals surface area contributed by atoms with Gasteiger partial charge in [-0.3, -0.25) is 0 Å². The van der Waals surface area contributed by atoms with Crippen LogP contribution in [0.4, 0.5) is 4.79 Å². The monoisotopic (exact) mass is 213 g/mol. The van der Waals surface area contributed by atoms with Gasteiger partial charge in [-0.25, -0.2) is 4.79 Å². The molecule has 1 aliphatic heterocycles. The molecule has 88 valence electrons. The summed E-state index contributed by atoms with van der Waals surface area (Å²) in [6.45, 7) is 6.62. The molecule has 0 spiro atoms. The Morgan fingerprint density at radius 1 is 1.67 bits per heavy atom. The van der Waals surface area contributed by atoms with Crippen molar-refractivity contribution in [1.82, 2.24) is 10.2 Å². The van der Waals surface area contributed by atoms with Gasteiger partial charge in [-0.05, 0) is 32.1 Å². The minimum Gasteiger partial charge on any atom is -0.338 e. The third-order valence-electron chi connectivity index (χ3n) is 2.82. The van der Waals surface area contributed by atoms with Gasteiger partial charge in [0.2, 0.25) is 0 Å². The molecular formula is C11H23N3O. The van der Waals surface area contributed by atoms with Crippen LogP contribution in [0.25, 0.3) is 0 Å². The number of nitrogens with one attached hydrogen (secondary N) is 1. The Hall–Kier alpha value is -0.770. The van der Waals surface area contributed by atoms with Crippen molar-refractivity contribution in [1.29, 1.82) is 0 Å². The van der Waals surface area contributed by atoms with E-state index in [2.05, 4.69) is 12.2 Å². The number of nitrogens with zero attached hydrogens (tertiary/aromatic N) is 1. The average Bonchev–Trinajstić information content (AvgIpc) is 2.17. The molecule has 0 radical (unpaired) electrons. The summed E-state index contributed by atoms with van der Waals surface area (Å²) < 4.78 is 0. The van der Waals surface area contributed by atoms with E-state index in [0.717, 1.165) is 25.9 Å². The van der Waals surface area contributed by atoms with Crippen LogP contribution in [0.5, 0.6) is 0 Å². The zero-order chi connectivity index (χ0) is 11.3. The van der Waals surface area contributed by atoms with Gasteiger partial charge in [0.15, 0.2) is 0 Å². The van der Waals surface area contributed by atoms with Crippen LogP contribution in [-0.2, 0) is 0 Å². The summed E-state index contributed by atoms with van der Waals surface area (Å²) >= 11 is 0. The second kappa shape index (κ2) is 5.95. The number of piperidine rings is 1. The molecule has 1 saturated heterocycles. The largest absolute Gasteiger partial charge is 0.338 e. The molecule has 1 heterocycles. The summed E-state index contributed by atoms with van der Waals surface area (Å²) in [5.74, 6) is 0.637. The Morgan fingerprint density at radius 2 is 2.40 bits per heavy atom. The number of likely N-dealkylation sites (tertiary alicyclic amines) is 1. The first-order valence-corrected chi connectivity index (χ1v) is 5.88. The molecule has 4 nitrogen and oxygen atoms in total. The predicted molar refractivity (Wildman–Crippen MR) is 61.6 cm³/mol. The molecule has 3 N–H and O–H groups in total. The fraction of sp³-hybridized carbons (Fsp3) is 0.909. The number of hydrogen-bond acceptors (Lipinski definition) is 2. The van der Waals surface area contributed by atoms with Crippen LogP contribution in [0.1, 0.15) is 33.1 Å². The Morgan fingerprint density at radius 3 is 3.00 bits per heavy atom. The van der Waals surface area contributed by atoms with E-state index in [9.17, 15) is 4.79 Å². The lowest BCUT2D eigenvalue weighted by Gasteiger charge is -2.31. The summed E-state index contributed by atoms with van der Waals surface area (Å²) in [6, 6.07) is 0.229. The Labute approximate surface area is 92.2 Å². The van der Waals surface area contributed by atoms with E-state index >= 15 is 0 Å². The zero-order valence-corrected chi connectivity index (χ0v) is 9.83. The smallest absolute Gasteiger partial charge is 0.317 e. The lowest BCUT2D eigenvalue weighted by Crippen LogP contribution is -2.45. The molecule has 0 aliphatic carbocycles. The number of rotatable bonds is 3. The van der Waals surface area contributed by atoms with Crippen molar-refractivity contribution < 1.29 is 4.79 Å². The van der Waals surface area contributed by atoms with Gasteiger partial charge in [0.05, 0.1) is 0 Å². The fourth-order valence-corrected chi connectivity index (χ4v) is 1.89. The van der Waals surface area contributed by atoms with Gasteiger partial charge in [-0.1, -0.05) is 6.92 Å². The maximum absolute atomic E-state index is 11.7. The zero-order valence-electron chi connectivity index (χ0n) is 9.83. The van der Waals surface area contributed by atoms with Crippen LogP contribution in [0.2, 0.25) is 0 Å². The highest BCUT2D eigenvalue weighted by atomic mass is 16.2. The maximum Gasteiger partial charge on any atom is 0.317 e. The standard InChI is InChI=1S/C11H23N3O/c1-9-4-3-7-14(8-9)11(15)13-6-5-10(2)12/h9-10H,3-8,12H2,1-2H3,(H,13,15). The lowest BCUT2D eigenvalue weighted by atomic mass is 10.0. The topological polar surface area (TPSA) is 58.4 Å². The van der Waals surface area contributed by atoms with Crippen molar-refractivity contribution >= 4 is 6.03 Å². The van der Waals surface area contributed by atoms with Gasteiger partial charge < -0.3 is 16.0 Å². The molecule has 2 amide bonds. The van der Waals surface area contributed by atoms with Gasteiger partial charge in [0.25, 0.3) is 0 Å². The first kappa shape index (κ1) is 12.3. The summed E-state index contributed by atoms with van der Waals surface area (Å²) in [7, 11) is 0. The molecule has 0 bridgehead atoms. The van der Waals surface area contributed by atoms with E-state index in [1.807, 2.05) is 11.8 Å². The SMILES string of the molecule is CC(N)CCNC(=O)N1CCCC(C)C1. The predicted octanol–water partition coefficient (Wildman–Crippen LogP) is 1.17. The van der Waals surface area contributed by atoms with Gasteiger partial charge in [0.1, 0.15) is 0 Å². The van der Waals surface area contributed by atoms with Gasteiger partial charge in [-0.15, -0.1) is 0 Å². The number of carbonyl (C=O) groups is 1. The minimum atomic E-state index is 0.0715. The van der Waals surface area contributed by atoms with Gasteiger partial charge in [0, 0.05) is 25.7 Å². The Bertz CT molecular complexity index is 206. The van der Waals surface area contributed by atoms with Crippen molar-refractivity contribution in [3.8, 4) is 0 Å².